The van der Waals surface area contributed by atoms with Gasteiger partial charge in [-0.05, 0) is 54.1 Å². The topological polar surface area (TPSA) is 106 Å². The minimum atomic E-state index is -0.584. The Kier molecular flexibility index (Phi) is 6.06. The van der Waals surface area contributed by atoms with Crippen molar-refractivity contribution in [3.63, 3.8) is 0 Å². The number of aromatic nitrogens is 2. The van der Waals surface area contributed by atoms with Crippen molar-refractivity contribution in [2.45, 2.75) is 49.3 Å². The van der Waals surface area contributed by atoms with E-state index < -0.39 is 11.2 Å². The lowest BCUT2D eigenvalue weighted by molar-refractivity contribution is -0.705. The zero-order chi connectivity index (χ0) is 21.1. The van der Waals surface area contributed by atoms with Crippen LogP contribution in [0, 0.1) is 11.3 Å². The van der Waals surface area contributed by atoms with Crippen molar-refractivity contribution in [1.82, 2.24) is 5.27 Å². The van der Waals surface area contributed by atoms with Gasteiger partial charge in [0.1, 0.15) is 11.1 Å². The molecule has 0 saturated carbocycles. The van der Waals surface area contributed by atoms with Crippen molar-refractivity contribution in [2.24, 2.45) is 0 Å². The minimum Gasteiger partial charge on any atom is -0.538 e. The first-order valence-electron chi connectivity index (χ1n) is 9.79. The van der Waals surface area contributed by atoms with Gasteiger partial charge in [0.2, 0.25) is 11.6 Å². The predicted octanol–water partition coefficient (Wildman–Crippen LogP) is 3.35. The molecule has 1 aliphatic rings. The average molecular weight is 441 g/mol. The number of thiophene rings is 1. The van der Waals surface area contributed by atoms with Crippen LogP contribution < -0.4 is 15.1 Å². The lowest BCUT2D eigenvalue weighted by Gasteiger charge is -2.12. The summed E-state index contributed by atoms with van der Waals surface area (Å²) in [4.78, 5) is 14.2. The van der Waals surface area contributed by atoms with Crippen LogP contribution in [0.4, 0.5) is 5.00 Å². The Bertz CT molecular complexity index is 1100. The molecule has 0 radical (unpaired) electrons. The zero-order valence-corrected chi connectivity index (χ0v) is 18.0. The fraction of sp³-hybridized carbons (Fsp3) is 0.333. The first kappa shape index (κ1) is 20.4. The maximum Gasteiger partial charge on any atom is 0.298 e. The molecule has 1 N–H and O–H groups in total. The Hall–Kier alpha value is -2.83. The molecule has 1 aliphatic carbocycles. The number of thioether (sulfide) groups is 1. The normalized spacial score (nSPS) is 14.0. The average Bonchev–Trinajstić information content (AvgIpc) is 3.31. The summed E-state index contributed by atoms with van der Waals surface area (Å²) in [5, 5.41) is 28.9. The molecule has 0 bridgehead atoms. The van der Waals surface area contributed by atoms with Crippen molar-refractivity contribution in [2.75, 3.05) is 5.32 Å². The second-order valence-corrected chi connectivity index (χ2v) is 9.24. The number of rotatable bonds is 6. The molecule has 1 amide bonds. The highest BCUT2D eigenvalue weighted by Gasteiger charge is 2.30. The third-order valence-electron chi connectivity index (χ3n) is 5.01. The summed E-state index contributed by atoms with van der Waals surface area (Å²) < 4.78 is 6.26. The van der Waals surface area contributed by atoms with Gasteiger partial charge in [0.15, 0.2) is 5.95 Å². The Balaban J connectivity index is 1.56. The summed E-state index contributed by atoms with van der Waals surface area (Å²) in [6.07, 6.45) is 4.52. The molecule has 0 spiro atoms. The zero-order valence-electron chi connectivity index (χ0n) is 16.4. The predicted molar refractivity (Wildman–Crippen MR) is 112 cm³/mol. The number of benzene rings is 1. The molecule has 3 aromatic rings. The second-order valence-electron chi connectivity index (χ2n) is 6.94. The largest absolute Gasteiger partial charge is 0.538 e. The number of fused-ring (bicyclic) bond motifs is 1. The molecule has 2 heterocycles. The van der Waals surface area contributed by atoms with Gasteiger partial charge >= 0.3 is 0 Å². The van der Waals surface area contributed by atoms with Crippen LogP contribution in [0.3, 0.4) is 0 Å². The summed E-state index contributed by atoms with van der Waals surface area (Å²) in [5.41, 5.74) is 2.34. The number of nitrogens with one attached hydrogen (secondary N) is 1. The molecule has 1 aromatic carbocycles. The van der Waals surface area contributed by atoms with Crippen LogP contribution in [0.1, 0.15) is 42.2 Å². The van der Waals surface area contributed by atoms with Gasteiger partial charge in [0.05, 0.1) is 16.1 Å². The standard InChI is InChI=1S/C21H20N4O3S2/c1-2-16(30-20-21(27)28-24-25(20)13-8-4-3-5-9-13)18(26)23-19-15(12-22)14-10-6-7-11-17(14)29-19/h3-5,8-9,16H,2,6-7,10-11H2,1H3,(H-,23,24,26,27). The molecule has 4 rings (SSSR count). The fourth-order valence-corrected chi connectivity index (χ4v) is 5.71. The van der Waals surface area contributed by atoms with E-state index in [9.17, 15) is 15.2 Å². The van der Waals surface area contributed by atoms with Crippen LogP contribution in [0.5, 0.6) is 5.95 Å². The van der Waals surface area contributed by atoms with Gasteiger partial charge in [0.25, 0.3) is 5.03 Å². The van der Waals surface area contributed by atoms with Gasteiger partial charge in [-0.2, -0.15) is 5.26 Å². The van der Waals surface area contributed by atoms with E-state index in [1.54, 1.807) is 0 Å². The number of nitrogens with zero attached hydrogens (tertiary/aromatic N) is 3. The number of aryl methyl sites for hydroxylation is 1. The molecule has 2 aromatic heterocycles. The number of amides is 1. The highest BCUT2D eigenvalue weighted by Crippen LogP contribution is 2.38. The van der Waals surface area contributed by atoms with Gasteiger partial charge in [0, 0.05) is 17.0 Å². The Morgan fingerprint density at radius 2 is 2.17 bits per heavy atom. The van der Waals surface area contributed by atoms with Crippen LogP contribution in [-0.4, -0.2) is 16.4 Å². The molecule has 1 atom stereocenters. The van der Waals surface area contributed by atoms with E-state index in [1.165, 1.54) is 20.9 Å². The van der Waals surface area contributed by atoms with Crippen LogP contribution >= 0.6 is 23.1 Å². The molecule has 7 nitrogen and oxygen atoms in total. The number of anilines is 1. The third kappa shape index (κ3) is 3.93. The summed E-state index contributed by atoms with van der Waals surface area (Å²) in [6.45, 7) is 1.88. The van der Waals surface area contributed by atoms with E-state index >= 15 is 0 Å². The number of para-hydroxylation sites is 1. The van der Waals surface area contributed by atoms with Crippen molar-refractivity contribution in [3.05, 3.63) is 46.3 Å². The summed E-state index contributed by atoms with van der Waals surface area (Å²) >= 11 is 2.62. The van der Waals surface area contributed by atoms with Crippen molar-refractivity contribution in [1.29, 1.82) is 5.26 Å². The Labute approximate surface area is 182 Å². The van der Waals surface area contributed by atoms with Gasteiger partial charge in [-0.25, -0.2) is 0 Å². The minimum absolute atomic E-state index is 0.238. The van der Waals surface area contributed by atoms with Crippen molar-refractivity contribution < 1.29 is 19.1 Å². The molecule has 1 unspecified atom stereocenters. The second kappa shape index (κ2) is 8.90. The Morgan fingerprint density at radius 3 is 2.90 bits per heavy atom. The molecule has 154 valence electrons. The lowest BCUT2D eigenvalue weighted by atomic mass is 9.96. The van der Waals surface area contributed by atoms with Crippen LogP contribution in [-0.2, 0) is 17.6 Å². The van der Waals surface area contributed by atoms with E-state index in [0.717, 1.165) is 43.0 Å². The van der Waals surface area contributed by atoms with Gasteiger partial charge < -0.3 is 14.9 Å². The molecular weight excluding hydrogens is 420 g/mol. The van der Waals surface area contributed by atoms with Crippen LogP contribution in [0.2, 0.25) is 0 Å². The summed E-state index contributed by atoms with van der Waals surface area (Å²) in [6, 6.07) is 11.4. The number of nitriles is 1. The molecular formula is C21H20N4O3S2. The first-order chi connectivity index (χ1) is 14.6. The van der Waals surface area contributed by atoms with Gasteiger partial charge in [-0.15, -0.1) is 11.3 Å². The van der Waals surface area contributed by atoms with Gasteiger partial charge in [-0.3, -0.25) is 4.79 Å². The molecule has 0 aliphatic heterocycles. The van der Waals surface area contributed by atoms with Crippen molar-refractivity contribution in [3.8, 4) is 17.7 Å². The molecule has 0 saturated heterocycles. The number of hydrogen-bond donors (Lipinski definition) is 1. The van der Waals surface area contributed by atoms with E-state index in [-0.39, 0.29) is 10.9 Å². The van der Waals surface area contributed by atoms with Crippen LogP contribution in [0.25, 0.3) is 5.69 Å². The first-order valence-corrected chi connectivity index (χ1v) is 11.5. The smallest absolute Gasteiger partial charge is 0.298 e. The SMILES string of the molecule is CCC(Sc1c([O-])on[n+]1-c1ccccc1)C(=O)Nc1sc2c(c1C#N)CCCC2. The maximum absolute atomic E-state index is 13.0. The van der Waals surface area contributed by atoms with E-state index in [4.69, 9.17) is 4.52 Å². The highest BCUT2D eigenvalue weighted by molar-refractivity contribution is 8.00. The van der Waals surface area contributed by atoms with E-state index in [1.807, 2.05) is 37.3 Å². The lowest BCUT2D eigenvalue weighted by Crippen LogP contribution is -2.36. The fourth-order valence-electron chi connectivity index (χ4n) is 3.49. The summed E-state index contributed by atoms with van der Waals surface area (Å²) in [5.74, 6) is -0.822. The number of carbonyl (C=O) groups excluding carboxylic acids is 1. The van der Waals surface area contributed by atoms with Crippen LogP contribution in [0.15, 0.2) is 39.9 Å². The molecule has 30 heavy (non-hydrogen) atoms. The van der Waals surface area contributed by atoms with E-state index in [0.29, 0.717) is 22.7 Å². The monoisotopic (exact) mass is 440 g/mol. The molecule has 0 fully saturated rings. The number of carbonyl (C=O) groups is 1. The Morgan fingerprint density at radius 1 is 1.40 bits per heavy atom. The summed E-state index contributed by atoms with van der Waals surface area (Å²) in [7, 11) is 0. The van der Waals surface area contributed by atoms with Gasteiger partial charge in [-0.1, -0.05) is 25.1 Å². The quantitative estimate of drug-likeness (QED) is 0.465. The number of hydrogen-bond acceptors (Lipinski definition) is 7. The highest BCUT2D eigenvalue weighted by atomic mass is 32.2. The third-order valence-corrected chi connectivity index (χ3v) is 7.61. The maximum atomic E-state index is 13.0. The van der Waals surface area contributed by atoms with Crippen molar-refractivity contribution >= 4 is 34.0 Å². The molecule has 9 heteroatoms. The van der Waals surface area contributed by atoms with E-state index in [2.05, 4.69) is 16.7 Å².